The third kappa shape index (κ3) is 1.60. The zero-order valence-electron chi connectivity index (χ0n) is 5.15. The first kappa shape index (κ1) is 5.88. The molecule has 0 bridgehead atoms. The molecule has 0 aromatic carbocycles. The maximum absolute atomic E-state index is 3.91. The number of hydrogen-bond acceptors (Lipinski definition) is 3. The Morgan fingerprint density at radius 3 is 2.89 bits per heavy atom. The van der Waals surface area contributed by atoms with Crippen molar-refractivity contribution in [3.63, 3.8) is 0 Å². The van der Waals surface area contributed by atoms with Crippen molar-refractivity contribution < 1.29 is 0 Å². The molecular formula is C6H7N3. The van der Waals surface area contributed by atoms with Crippen LogP contribution in [-0.4, -0.2) is 12.0 Å². The van der Waals surface area contributed by atoms with E-state index in [1.54, 1.807) is 19.3 Å². The molecule has 0 N–H and O–H groups in total. The maximum atomic E-state index is 3.91. The van der Waals surface area contributed by atoms with Gasteiger partial charge in [0, 0.05) is 13.2 Å². The molecule has 3 heteroatoms. The van der Waals surface area contributed by atoms with E-state index in [1.807, 2.05) is 12.1 Å². The minimum Gasteiger partial charge on any atom is -0.236 e. The predicted octanol–water partition coefficient (Wildman–Crippen LogP) is 1.80. The summed E-state index contributed by atoms with van der Waals surface area (Å²) < 4.78 is 0. The van der Waals surface area contributed by atoms with Gasteiger partial charge in [0.1, 0.15) is 0 Å². The Morgan fingerprint density at radius 1 is 1.44 bits per heavy atom. The van der Waals surface area contributed by atoms with Crippen LogP contribution in [0.4, 0.5) is 5.82 Å². The number of nitrogens with zero attached hydrogens (tertiary/aromatic N) is 3. The van der Waals surface area contributed by atoms with Crippen LogP contribution in [-0.2, 0) is 0 Å². The smallest absolute Gasteiger partial charge is 0.173 e. The van der Waals surface area contributed by atoms with Crippen LogP contribution >= 0.6 is 0 Å². The van der Waals surface area contributed by atoms with Crippen LogP contribution in [0.25, 0.3) is 0 Å². The van der Waals surface area contributed by atoms with E-state index >= 15 is 0 Å². The van der Waals surface area contributed by atoms with Gasteiger partial charge in [0.15, 0.2) is 5.82 Å². The second kappa shape index (κ2) is 2.91. The first-order valence-electron chi connectivity index (χ1n) is 2.64. The fourth-order valence-electron chi connectivity index (χ4n) is 0.515. The van der Waals surface area contributed by atoms with Crippen molar-refractivity contribution in [2.75, 3.05) is 7.05 Å². The van der Waals surface area contributed by atoms with Crippen LogP contribution in [0, 0.1) is 0 Å². The lowest BCUT2D eigenvalue weighted by Gasteiger charge is -1.84. The van der Waals surface area contributed by atoms with E-state index in [4.69, 9.17) is 0 Å². The Morgan fingerprint density at radius 2 is 2.33 bits per heavy atom. The predicted molar refractivity (Wildman–Crippen MR) is 34.7 cm³/mol. The van der Waals surface area contributed by atoms with Crippen LogP contribution in [0.15, 0.2) is 34.6 Å². The van der Waals surface area contributed by atoms with Crippen molar-refractivity contribution in [2.24, 2.45) is 10.2 Å². The van der Waals surface area contributed by atoms with Gasteiger partial charge in [0.05, 0.1) is 0 Å². The Bertz CT molecular complexity index is 193. The average molecular weight is 121 g/mol. The highest BCUT2D eigenvalue weighted by Crippen LogP contribution is 2.03. The molecule has 0 saturated carbocycles. The highest BCUT2D eigenvalue weighted by Gasteiger charge is 1.81. The summed E-state index contributed by atoms with van der Waals surface area (Å²) in [6.07, 6.45) is 1.68. The van der Waals surface area contributed by atoms with Crippen LogP contribution in [0.3, 0.4) is 0 Å². The van der Waals surface area contributed by atoms with Gasteiger partial charge < -0.3 is 0 Å². The standard InChI is InChI=1S/C6H7N3/c1-7-9-6-4-2-3-5-8-6/h2-5H,1H3. The largest absolute Gasteiger partial charge is 0.236 e. The van der Waals surface area contributed by atoms with Crippen LogP contribution in [0.2, 0.25) is 0 Å². The van der Waals surface area contributed by atoms with Crippen molar-refractivity contribution in [1.82, 2.24) is 4.98 Å². The SMILES string of the molecule is CN=Nc1ccccn1. The maximum Gasteiger partial charge on any atom is 0.173 e. The molecule has 0 unspecified atom stereocenters. The van der Waals surface area contributed by atoms with Gasteiger partial charge in [-0.2, -0.15) is 5.11 Å². The molecule has 9 heavy (non-hydrogen) atoms. The summed E-state index contributed by atoms with van der Waals surface area (Å²) in [6.45, 7) is 0. The highest BCUT2D eigenvalue weighted by molar-refractivity contribution is 5.23. The van der Waals surface area contributed by atoms with Gasteiger partial charge in [-0.1, -0.05) is 6.07 Å². The van der Waals surface area contributed by atoms with Gasteiger partial charge >= 0.3 is 0 Å². The van der Waals surface area contributed by atoms with Crippen LogP contribution in [0.1, 0.15) is 0 Å². The molecule has 1 aromatic heterocycles. The fourth-order valence-corrected chi connectivity index (χ4v) is 0.515. The number of pyridine rings is 1. The van der Waals surface area contributed by atoms with Gasteiger partial charge in [-0.25, -0.2) is 4.98 Å². The van der Waals surface area contributed by atoms with E-state index in [0.29, 0.717) is 5.82 Å². The molecule has 1 aromatic rings. The third-order valence-corrected chi connectivity index (χ3v) is 0.852. The molecule has 1 rings (SSSR count). The number of azo groups is 1. The number of hydrogen-bond donors (Lipinski definition) is 0. The summed E-state index contributed by atoms with van der Waals surface area (Å²) >= 11 is 0. The molecular weight excluding hydrogens is 114 g/mol. The zero-order valence-corrected chi connectivity index (χ0v) is 5.15. The molecule has 0 atom stereocenters. The summed E-state index contributed by atoms with van der Waals surface area (Å²) in [6, 6.07) is 5.51. The second-order valence-corrected chi connectivity index (χ2v) is 1.49. The normalized spacial score (nSPS) is 10.3. The van der Waals surface area contributed by atoms with E-state index < -0.39 is 0 Å². The van der Waals surface area contributed by atoms with Gasteiger partial charge in [0.2, 0.25) is 0 Å². The first-order valence-corrected chi connectivity index (χ1v) is 2.64. The van der Waals surface area contributed by atoms with Crippen molar-refractivity contribution in [3.05, 3.63) is 24.4 Å². The molecule has 0 aliphatic heterocycles. The van der Waals surface area contributed by atoms with Gasteiger partial charge in [0.25, 0.3) is 0 Å². The summed E-state index contributed by atoms with van der Waals surface area (Å²) in [5, 5.41) is 7.29. The topological polar surface area (TPSA) is 37.6 Å². The average Bonchev–Trinajstić information content (AvgIpc) is 1.91. The van der Waals surface area contributed by atoms with E-state index in [2.05, 4.69) is 15.2 Å². The Kier molecular flexibility index (Phi) is 1.90. The minimum atomic E-state index is 0.653. The quantitative estimate of drug-likeness (QED) is 0.522. The molecule has 3 nitrogen and oxygen atoms in total. The minimum absolute atomic E-state index is 0.653. The molecule has 0 radical (unpaired) electrons. The molecule has 0 amide bonds. The van der Waals surface area contributed by atoms with E-state index in [-0.39, 0.29) is 0 Å². The molecule has 0 aliphatic rings. The van der Waals surface area contributed by atoms with Crippen LogP contribution in [0.5, 0.6) is 0 Å². The monoisotopic (exact) mass is 121 g/mol. The van der Waals surface area contributed by atoms with E-state index in [1.165, 1.54) is 0 Å². The molecule has 1 heterocycles. The zero-order chi connectivity index (χ0) is 6.53. The third-order valence-electron chi connectivity index (χ3n) is 0.852. The van der Waals surface area contributed by atoms with Crippen molar-refractivity contribution in [3.8, 4) is 0 Å². The first-order chi connectivity index (χ1) is 4.43. The number of aromatic nitrogens is 1. The summed E-state index contributed by atoms with van der Waals surface area (Å²) in [5.41, 5.74) is 0. The lowest BCUT2D eigenvalue weighted by molar-refractivity contribution is 1.11. The second-order valence-electron chi connectivity index (χ2n) is 1.49. The Balaban J connectivity index is 2.85. The molecule has 46 valence electrons. The molecule has 0 saturated heterocycles. The highest BCUT2D eigenvalue weighted by atomic mass is 15.1. The molecule has 0 spiro atoms. The lowest BCUT2D eigenvalue weighted by atomic mass is 10.5. The number of rotatable bonds is 1. The van der Waals surface area contributed by atoms with E-state index in [0.717, 1.165) is 0 Å². The van der Waals surface area contributed by atoms with Crippen molar-refractivity contribution in [1.29, 1.82) is 0 Å². The van der Waals surface area contributed by atoms with Gasteiger partial charge in [-0.3, -0.25) is 0 Å². The van der Waals surface area contributed by atoms with E-state index in [9.17, 15) is 0 Å². The molecule has 0 fully saturated rings. The molecule has 0 aliphatic carbocycles. The van der Waals surface area contributed by atoms with Crippen LogP contribution < -0.4 is 0 Å². The Labute approximate surface area is 53.5 Å². The summed E-state index contributed by atoms with van der Waals surface area (Å²) in [5.74, 6) is 0.653. The lowest BCUT2D eigenvalue weighted by Crippen LogP contribution is -1.67. The fraction of sp³-hybridized carbons (Fsp3) is 0.167. The van der Waals surface area contributed by atoms with Crippen molar-refractivity contribution in [2.45, 2.75) is 0 Å². The van der Waals surface area contributed by atoms with Gasteiger partial charge in [-0.15, -0.1) is 5.11 Å². The Hall–Kier alpha value is -1.25. The van der Waals surface area contributed by atoms with Crippen molar-refractivity contribution >= 4 is 5.82 Å². The summed E-state index contributed by atoms with van der Waals surface area (Å²) in [4.78, 5) is 3.91. The summed E-state index contributed by atoms with van der Waals surface area (Å²) in [7, 11) is 1.62. The van der Waals surface area contributed by atoms with Gasteiger partial charge in [-0.05, 0) is 12.1 Å².